The van der Waals surface area contributed by atoms with Crippen LogP contribution >= 0.6 is 0 Å². The Balaban J connectivity index is 5.06. The predicted molar refractivity (Wildman–Crippen MR) is 119 cm³/mol. The van der Waals surface area contributed by atoms with E-state index in [0.717, 1.165) is 0 Å². The van der Waals surface area contributed by atoms with Crippen LogP contribution in [-0.4, -0.2) is 28.8 Å². The van der Waals surface area contributed by atoms with Gasteiger partial charge in [-0.1, -0.05) is 59.8 Å². The van der Waals surface area contributed by atoms with Crippen molar-refractivity contribution in [3.63, 3.8) is 0 Å². The van der Waals surface area contributed by atoms with Crippen molar-refractivity contribution in [3.05, 3.63) is 0 Å². The van der Waals surface area contributed by atoms with E-state index in [1.54, 1.807) is 0 Å². The fraction of sp³-hybridized carbons (Fsp3) is 1.00. The van der Waals surface area contributed by atoms with Crippen molar-refractivity contribution in [2.75, 3.05) is 0 Å². The standard InChI is InChI=1S/C21H48O2Si2/c1-9-14-24(15-10-2,22-20(5)6)18-13-19-25(16-11-3,17-12-4)23-21(7)8/h20-21H,9-19H2,1-8H3. The van der Waals surface area contributed by atoms with Gasteiger partial charge in [0.25, 0.3) is 0 Å². The first kappa shape index (κ1) is 25.4. The molecule has 152 valence electrons. The van der Waals surface area contributed by atoms with Gasteiger partial charge < -0.3 is 8.85 Å². The topological polar surface area (TPSA) is 18.5 Å². The van der Waals surface area contributed by atoms with E-state index in [-0.39, 0.29) is 0 Å². The maximum atomic E-state index is 6.65. The van der Waals surface area contributed by atoms with E-state index in [1.807, 2.05) is 0 Å². The molecule has 0 aromatic carbocycles. The molecule has 0 aliphatic heterocycles. The average molecular weight is 389 g/mol. The van der Waals surface area contributed by atoms with Gasteiger partial charge in [-0.2, -0.15) is 0 Å². The monoisotopic (exact) mass is 388 g/mol. The molecule has 0 aromatic heterocycles. The summed E-state index contributed by atoms with van der Waals surface area (Å²) in [5.74, 6) is 0. The quantitative estimate of drug-likeness (QED) is 0.251. The lowest BCUT2D eigenvalue weighted by Gasteiger charge is -2.36. The van der Waals surface area contributed by atoms with E-state index in [9.17, 15) is 0 Å². The van der Waals surface area contributed by atoms with Crippen LogP contribution in [0.4, 0.5) is 0 Å². The summed E-state index contributed by atoms with van der Waals surface area (Å²) < 4.78 is 13.3. The molecular weight excluding hydrogens is 340 g/mol. The summed E-state index contributed by atoms with van der Waals surface area (Å²) in [5.41, 5.74) is 0. The molecule has 0 fully saturated rings. The van der Waals surface area contributed by atoms with Crippen LogP contribution in [0.1, 0.15) is 87.5 Å². The molecule has 4 heteroatoms. The zero-order valence-electron chi connectivity index (χ0n) is 18.7. The average Bonchev–Trinajstić information content (AvgIpc) is 2.46. The van der Waals surface area contributed by atoms with Gasteiger partial charge in [-0.05, 0) is 64.0 Å². The molecule has 0 rings (SSSR count). The highest BCUT2D eigenvalue weighted by Gasteiger charge is 2.37. The summed E-state index contributed by atoms with van der Waals surface area (Å²) >= 11 is 0. The normalized spacial score (nSPS) is 13.2. The van der Waals surface area contributed by atoms with E-state index in [0.29, 0.717) is 12.2 Å². The lowest BCUT2D eigenvalue weighted by molar-refractivity contribution is 0.219. The minimum Gasteiger partial charge on any atom is -0.414 e. The Kier molecular flexibility index (Phi) is 13.7. The SMILES string of the molecule is CCC[Si](CCC)(CCC[Si](CCC)(CCC)OC(C)C)OC(C)C. The van der Waals surface area contributed by atoms with E-state index < -0.39 is 16.6 Å². The summed E-state index contributed by atoms with van der Waals surface area (Å²) in [6.45, 7) is 18.2. The van der Waals surface area contributed by atoms with Gasteiger partial charge in [0.15, 0.2) is 16.6 Å². The second-order valence-corrected chi connectivity index (χ2v) is 16.8. The third kappa shape index (κ3) is 10.3. The molecule has 2 nitrogen and oxygen atoms in total. The highest BCUT2D eigenvalue weighted by atomic mass is 28.4. The summed E-state index contributed by atoms with van der Waals surface area (Å²) in [6, 6.07) is 8.02. The van der Waals surface area contributed by atoms with Crippen molar-refractivity contribution < 1.29 is 8.85 Å². The van der Waals surface area contributed by atoms with Crippen molar-refractivity contribution in [2.45, 2.75) is 136 Å². The minimum absolute atomic E-state index is 0.380. The molecular formula is C21H48O2Si2. The Bertz CT molecular complexity index is 277. The second kappa shape index (κ2) is 13.5. The van der Waals surface area contributed by atoms with Crippen molar-refractivity contribution in [3.8, 4) is 0 Å². The van der Waals surface area contributed by atoms with Crippen LogP contribution in [0.5, 0.6) is 0 Å². The largest absolute Gasteiger partial charge is 0.414 e. The van der Waals surface area contributed by atoms with E-state index >= 15 is 0 Å². The third-order valence-corrected chi connectivity index (χ3v) is 15.2. The highest BCUT2D eigenvalue weighted by Crippen LogP contribution is 2.34. The van der Waals surface area contributed by atoms with E-state index in [1.165, 1.54) is 68.4 Å². The zero-order chi connectivity index (χ0) is 19.3. The Morgan fingerprint density at radius 3 is 1.00 bits per heavy atom. The Hall–Kier alpha value is 0.354. The molecule has 0 aliphatic carbocycles. The summed E-state index contributed by atoms with van der Waals surface area (Å²) in [5, 5.41) is 0. The lowest BCUT2D eigenvalue weighted by atomic mass is 10.5. The smallest absolute Gasteiger partial charge is 0.193 e. The van der Waals surface area contributed by atoms with Crippen LogP contribution in [0.2, 0.25) is 36.3 Å². The number of hydrogen-bond donors (Lipinski definition) is 0. The van der Waals surface area contributed by atoms with Gasteiger partial charge in [-0.15, -0.1) is 0 Å². The molecule has 0 aromatic rings. The third-order valence-electron chi connectivity index (χ3n) is 5.06. The van der Waals surface area contributed by atoms with E-state index in [4.69, 9.17) is 8.85 Å². The van der Waals surface area contributed by atoms with Crippen molar-refractivity contribution in [1.82, 2.24) is 0 Å². The second-order valence-electron chi connectivity index (χ2n) is 8.55. The molecule has 0 saturated carbocycles. The molecule has 0 spiro atoms. The summed E-state index contributed by atoms with van der Waals surface area (Å²) in [4.78, 5) is 0. The summed E-state index contributed by atoms with van der Waals surface area (Å²) in [7, 11) is -3.16. The molecule has 0 unspecified atom stereocenters. The Morgan fingerprint density at radius 1 is 0.520 bits per heavy atom. The van der Waals surface area contributed by atoms with Crippen molar-refractivity contribution in [1.29, 1.82) is 0 Å². The lowest BCUT2D eigenvalue weighted by Crippen LogP contribution is -2.43. The zero-order valence-corrected chi connectivity index (χ0v) is 20.7. The maximum Gasteiger partial charge on any atom is 0.193 e. The summed E-state index contributed by atoms with van der Waals surface area (Å²) in [6.07, 6.45) is 7.18. The van der Waals surface area contributed by atoms with Crippen LogP contribution in [0.3, 0.4) is 0 Å². The van der Waals surface area contributed by atoms with Crippen molar-refractivity contribution in [2.24, 2.45) is 0 Å². The van der Waals surface area contributed by atoms with Gasteiger partial charge in [0.1, 0.15) is 0 Å². The molecule has 0 radical (unpaired) electrons. The van der Waals surface area contributed by atoms with Gasteiger partial charge in [0.2, 0.25) is 0 Å². The van der Waals surface area contributed by atoms with Crippen LogP contribution in [0.25, 0.3) is 0 Å². The van der Waals surface area contributed by atoms with Crippen molar-refractivity contribution >= 4 is 16.6 Å². The molecule has 0 saturated heterocycles. The first-order valence-corrected chi connectivity index (χ1v) is 16.2. The number of rotatable bonds is 16. The molecule has 0 bridgehead atoms. The predicted octanol–water partition coefficient (Wildman–Crippen LogP) is 7.76. The highest BCUT2D eigenvalue weighted by molar-refractivity contribution is 6.75. The molecule has 0 amide bonds. The van der Waals surface area contributed by atoms with Gasteiger partial charge in [0, 0.05) is 12.2 Å². The van der Waals surface area contributed by atoms with Crippen LogP contribution in [0.15, 0.2) is 0 Å². The molecule has 25 heavy (non-hydrogen) atoms. The molecule has 0 N–H and O–H groups in total. The minimum atomic E-state index is -1.58. The first-order valence-electron chi connectivity index (χ1n) is 11.1. The Labute approximate surface area is 161 Å². The Morgan fingerprint density at radius 2 is 0.800 bits per heavy atom. The molecule has 0 heterocycles. The molecule has 0 aliphatic rings. The van der Waals surface area contributed by atoms with Gasteiger partial charge in [0.05, 0.1) is 0 Å². The van der Waals surface area contributed by atoms with Gasteiger partial charge in [-0.25, -0.2) is 0 Å². The van der Waals surface area contributed by atoms with Crippen LogP contribution < -0.4 is 0 Å². The molecule has 0 atom stereocenters. The maximum absolute atomic E-state index is 6.65. The first-order chi connectivity index (χ1) is 11.8. The van der Waals surface area contributed by atoms with Gasteiger partial charge >= 0.3 is 0 Å². The van der Waals surface area contributed by atoms with E-state index in [2.05, 4.69) is 55.4 Å². The fourth-order valence-corrected chi connectivity index (χ4v) is 14.5. The van der Waals surface area contributed by atoms with Gasteiger partial charge in [-0.3, -0.25) is 0 Å². The van der Waals surface area contributed by atoms with Crippen LogP contribution in [-0.2, 0) is 8.85 Å². The number of hydrogen-bond acceptors (Lipinski definition) is 2. The fourth-order valence-electron chi connectivity index (χ4n) is 4.66. The van der Waals surface area contributed by atoms with Crippen LogP contribution in [0, 0.1) is 0 Å².